The highest BCUT2D eigenvalue weighted by Gasteiger charge is 2.07. The zero-order chi connectivity index (χ0) is 9.97. The topological polar surface area (TPSA) is 63.3 Å². The van der Waals surface area contributed by atoms with E-state index in [1.807, 2.05) is 0 Å². The predicted octanol–water partition coefficient (Wildman–Crippen LogP) is 1.41. The summed E-state index contributed by atoms with van der Waals surface area (Å²) < 4.78 is 4.77. The Morgan fingerprint density at radius 1 is 1.29 bits per heavy atom. The Bertz CT molecular complexity index is 491. The molecule has 0 unspecified atom stereocenters. The summed E-state index contributed by atoms with van der Waals surface area (Å²) in [7, 11) is 0. The molecule has 14 heavy (non-hydrogen) atoms. The van der Waals surface area contributed by atoms with Crippen LogP contribution in [0.5, 0.6) is 5.75 Å². The maximum Gasteiger partial charge on any atom is 0.220 e. The Balaban J connectivity index is 2.73. The Hall–Kier alpha value is -2.10. The largest absolute Gasteiger partial charge is 0.504 e. The maximum absolute atomic E-state index is 11.2. The van der Waals surface area contributed by atoms with Gasteiger partial charge in [-0.1, -0.05) is 12.1 Å². The minimum Gasteiger partial charge on any atom is -0.504 e. The van der Waals surface area contributed by atoms with E-state index in [0.29, 0.717) is 11.3 Å². The van der Waals surface area contributed by atoms with Gasteiger partial charge in [0, 0.05) is 5.56 Å². The Labute approximate surface area is 79.5 Å². The van der Waals surface area contributed by atoms with Crippen LogP contribution in [0.2, 0.25) is 0 Å². The minimum absolute atomic E-state index is 0.316. The molecule has 0 spiro atoms. The summed E-state index contributed by atoms with van der Waals surface area (Å²) in [4.78, 5) is 15.1. The van der Waals surface area contributed by atoms with E-state index in [9.17, 15) is 9.90 Å². The summed E-state index contributed by atoms with van der Waals surface area (Å²) in [6, 6.07) is 6.12. The smallest absolute Gasteiger partial charge is 0.220 e. The van der Waals surface area contributed by atoms with E-state index in [2.05, 4.69) is 4.98 Å². The van der Waals surface area contributed by atoms with E-state index in [1.165, 1.54) is 18.7 Å². The molecule has 0 bridgehead atoms. The summed E-state index contributed by atoms with van der Waals surface area (Å²) in [6.45, 7) is 0. The van der Waals surface area contributed by atoms with Crippen LogP contribution in [0.3, 0.4) is 0 Å². The van der Waals surface area contributed by atoms with Crippen molar-refractivity contribution >= 4 is 0 Å². The second-order valence-electron chi connectivity index (χ2n) is 2.72. The van der Waals surface area contributed by atoms with Gasteiger partial charge in [0.25, 0.3) is 0 Å². The van der Waals surface area contributed by atoms with Crippen molar-refractivity contribution < 1.29 is 9.52 Å². The normalized spacial score (nSPS) is 10.0. The molecule has 4 nitrogen and oxygen atoms in total. The van der Waals surface area contributed by atoms with Crippen molar-refractivity contribution in [1.82, 2.24) is 4.98 Å². The molecule has 0 radical (unpaired) electrons. The van der Waals surface area contributed by atoms with Gasteiger partial charge < -0.3 is 9.52 Å². The van der Waals surface area contributed by atoms with Gasteiger partial charge >= 0.3 is 0 Å². The standard InChI is InChI=1S/C10H7NO3/c12-9-4-2-1-3-7(10(9)13)8-5-14-6-11-8/h1-6H,(H,12,13). The quantitative estimate of drug-likeness (QED) is 0.736. The van der Waals surface area contributed by atoms with Crippen molar-refractivity contribution in [3.63, 3.8) is 0 Å². The third-order valence-corrected chi connectivity index (χ3v) is 1.82. The summed E-state index contributed by atoms with van der Waals surface area (Å²) >= 11 is 0. The lowest BCUT2D eigenvalue weighted by Gasteiger charge is -1.92. The second-order valence-corrected chi connectivity index (χ2v) is 2.72. The number of nitrogens with zero attached hydrogens (tertiary/aromatic N) is 1. The Morgan fingerprint density at radius 2 is 2.07 bits per heavy atom. The third-order valence-electron chi connectivity index (χ3n) is 1.82. The zero-order valence-corrected chi connectivity index (χ0v) is 7.18. The van der Waals surface area contributed by atoms with Crippen LogP contribution in [0.1, 0.15) is 0 Å². The number of aromatic nitrogens is 1. The van der Waals surface area contributed by atoms with Gasteiger partial charge in [-0.25, -0.2) is 4.98 Å². The highest BCUT2D eigenvalue weighted by Crippen LogP contribution is 2.22. The fourth-order valence-corrected chi connectivity index (χ4v) is 1.14. The van der Waals surface area contributed by atoms with Gasteiger partial charge in [0.1, 0.15) is 12.0 Å². The lowest BCUT2D eigenvalue weighted by Crippen LogP contribution is -1.94. The van der Waals surface area contributed by atoms with Crippen LogP contribution in [-0.2, 0) is 0 Å². The van der Waals surface area contributed by atoms with E-state index in [4.69, 9.17) is 4.42 Å². The summed E-state index contributed by atoms with van der Waals surface area (Å²) in [5.74, 6) is -0.316. The number of hydrogen-bond donors (Lipinski definition) is 1. The number of oxazole rings is 1. The first-order valence-corrected chi connectivity index (χ1v) is 4.00. The highest BCUT2D eigenvalue weighted by atomic mass is 16.3. The van der Waals surface area contributed by atoms with Crippen molar-refractivity contribution in [2.24, 2.45) is 0 Å². The van der Waals surface area contributed by atoms with Crippen LogP contribution in [0.25, 0.3) is 11.3 Å². The number of aromatic hydroxyl groups is 1. The molecule has 2 rings (SSSR count). The van der Waals surface area contributed by atoms with E-state index in [-0.39, 0.29) is 5.75 Å². The summed E-state index contributed by atoms with van der Waals surface area (Å²) in [5.41, 5.74) is 0.373. The van der Waals surface area contributed by atoms with E-state index >= 15 is 0 Å². The lowest BCUT2D eigenvalue weighted by molar-refractivity contribution is 0.472. The zero-order valence-electron chi connectivity index (χ0n) is 7.18. The molecule has 1 aromatic heterocycles. The molecule has 1 aromatic carbocycles. The molecule has 0 saturated carbocycles. The van der Waals surface area contributed by atoms with Gasteiger partial charge in [0.15, 0.2) is 12.1 Å². The first-order valence-electron chi connectivity index (χ1n) is 4.00. The molecular weight excluding hydrogens is 182 g/mol. The highest BCUT2D eigenvalue weighted by molar-refractivity contribution is 5.64. The van der Waals surface area contributed by atoms with Crippen LogP contribution in [0.4, 0.5) is 0 Å². The van der Waals surface area contributed by atoms with Gasteiger partial charge in [0.05, 0.1) is 0 Å². The first kappa shape index (κ1) is 8.50. The van der Waals surface area contributed by atoms with Crippen LogP contribution in [0, 0.1) is 0 Å². The molecule has 0 aliphatic heterocycles. The number of hydrogen-bond acceptors (Lipinski definition) is 4. The fraction of sp³-hybridized carbons (Fsp3) is 0. The van der Waals surface area contributed by atoms with Crippen LogP contribution < -0.4 is 5.43 Å². The van der Waals surface area contributed by atoms with Crippen LogP contribution >= 0.6 is 0 Å². The molecule has 4 heteroatoms. The van der Waals surface area contributed by atoms with Crippen LogP contribution in [0.15, 0.2) is 46.1 Å². The van der Waals surface area contributed by atoms with E-state index in [0.717, 1.165) is 0 Å². The lowest BCUT2D eigenvalue weighted by atomic mass is 10.2. The average Bonchev–Trinajstić information content (AvgIpc) is 2.64. The minimum atomic E-state index is -0.437. The fourth-order valence-electron chi connectivity index (χ4n) is 1.14. The molecule has 1 N–H and O–H groups in total. The molecular formula is C10H7NO3. The average molecular weight is 189 g/mol. The molecule has 0 fully saturated rings. The Morgan fingerprint density at radius 3 is 2.79 bits per heavy atom. The monoisotopic (exact) mass is 189 g/mol. The predicted molar refractivity (Wildman–Crippen MR) is 49.9 cm³/mol. The third kappa shape index (κ3) is 1.37. The maximum atomic E-state index is 11.2. The molecule has 0 aliphatic carbocycles. The van der Waals surface area contributed by atoms with Gasteiger partial charge in [-0.15, -0.1) is 0 Å². The van der Waals surface area contributed by atoms with Crippen LogP contribution in [-0.4, -0.2) is 10.1 Å². The molecule has 70 valence electrons. The first-order chi connectivity index (χ1) is 6.79. The second kappa shape index (κ2) is 3.33. The molecule has 0 atom stereocenters. The van der Waals surface area contributed by atoms with E-state index in [1.54, 1.807) is 18.2 Å². The number of rotatable bonds is 1. The summed E-state index contributed by atoms with van der Waals surface area (Å²) in [5, 5.41) is 9.54. The van der Waals surface area contributed by atoms with Gasteiger partial charge in [0.2, 0.25) is 5.43 Å². The van der Waals surface area contributed by atoms with Crippen molar-refractivity contribution in [1.29, 1.82) is 0 Å². The van der Waals surface area contributed by atoms with Crippen molar-refractivity contribution in [2.45, 2.75) is 0 Å². The van der Waals surface area contributed by atoms with Gasteiger partial charge in [-0.3, -0.25) is 4.79 Å². The molecule has 0 aliphatic rings. The molecule has 0 saturated heterocycles. The summed E-state index contributed by atoms with van der Waals surface area (Å²) in [6.07, 6.45) is 2.61. The van der Waals surface area contributed by atoms with Gasteiger partial charge in [-0.05, 0) is 12.1 Å². The van der Waals surface area contributed by atoms with Gasteiger partial charge in [-0.2, -0.15) is 0 Å². The van der Waals surface area contributed by atoms with E-state index < -0.39 is 5.43 Å². The molecule has 1 heterocycles. The van der Waals surface area contributed by atoms with Crippen molar-refractivity contribution in [3.05, 3.63) is 47.1 Å². The molecule has 2 aromatic rings. The van der Waals surface area contributed by atoms with Crippen molar-refractivity contribution in [3.8, 4) is 17.0 Å². The molecule has 0 amide bonds. The van der Waals surface area contributed by atoms with Crippen molar-refractivity contribution in [2.75, 3.05) is 0 Å². The Kier molecular flexibility index (Phi) is 2.02. The SMILES string of the molecule is O=c1ccccc(-c2cocn2)c1O.